The van der Waals surface area contributed by atoms with Crippen LogP contribution in [0, 0.1) is 5.82 Å². The Bertz CT molecular complexity index is 1260. The first kappa shape index (κ1) is 21.9. The van der Waals surface area contributed by atoms with Gasteiger partial charge in [0.15, 0.2) is 5.82 Å². The van der Waals surface area contributed by atoms with Gasteiger partial charge in [-0.1, -0.05) is 53.5 Å². The van der Waals surface area contributed by atoms with Gasteiger partial charge in [0.1, 0.15) is 18.2 Å². The minimum Gasteiger partial charge on any atom is -0.487 e. The SMILES string of the molecule is O=C(Nc1ccn(Cc2ccccc2F)n1)c1cccc(COc2ccc(Cl)cc2Cl)c1. The van der Waals surface area contributed by atoms with E-state index in [2.05, 4.69) is 10.4 Å². The zero-order chi connectivity index (χ0) is 22.5. The van der Waals surface area contributed by atoms with Gasteiger partial charge in [-0.3, -0.25) is 9.48 Å². The highest BCUT2D eigenvalue weighted by atomic mass is 35.5. The molecule has 0 aliphatic carbocycles. The maximum Gasteiger partial charge on any atom is 0.256 e. The van der Waals surface area contributed by atoms with E-state index < -0.39 is 0 Å². The molecule has 0 radical (unpaired) electrons. The Balaban J connectivity index is 1.39. The number of carbonyl (C=O) groups is 1. The summed E-state index contributed by atoms with van der Waals surface area (Å²) in [5, 5.41) is 7.99. The minimum absolute atomic E-state index is 0.236. The average molecular weight is 470 g/mol. The summed E-state index contributed by atoms with van der Waals surface area (Å²) in [6, 6.07) is 20.2. The molecule has 4 rings (SSSR count). The topological polar surface area (TPSA) is 56.2 Å². The molecule has 0 saturated carbocycles. The molecule has 0 atom stereocenters. The molecule has 1 aromatic heterocycles. The number of amides is 1. The number of nitrogens with zero attached hydrogens (tertiary/aromatic N) is 2. The predicted octanol–water partition coefficient (Wildman–Crippen LogP) is 6.21. The van der Waals surface area contributed by atoms with Gasteiger partial charge in [-0.25, -0.2) is 4.39 Å². The van der Waals surface area contributed by atoms with Gasteiger partial charge in [0.05, 0.1) is 11.6 Å². The van der Waals surface area contributed by atoms with Gasteiger partial charge in [-0.2, -0.15) is 5.10 Å². The Kier molecular flexibility index (Phi) is 6.73. The van der Waals surface area contributed by atoms with Crippen LogP contribution in [0.25, 0.3) is 0 Å². The summed E-state index contributed by atoms with van der Waals surface area (Å²) in [5.41, 5.74) is 1.77. The lowest BCUT2D eigenvalue weighted by Crippen LogP contribution is -2.13. The third-order valence-electron chi connectivity index (χ3n) is 4.65. The van der Waals surface area contributed by atoms with Gasteiger partial charge in [0, 0.05) is 28.4 Å². The fraction of sp³-hybridized carbons (Fsp3) is 0.0833. The molecule has 0 unspecified atom stereocenters. The molecule has 8 heteroatoms. The molecule has 32 heavy (non-hydrogen) atoms. The molecular formula is C24H18Cl2FN3O2. The highest BCUT2D eigenvalue weighted by Gasteiger charge is 2.11. The number of ether oxygens (including phenoxy) is 1. The molecule has 0 bridgehead atoms. The average Bonchev–Trinajstić information content (AvgIpc) is 3.21. The van der Waals surface area contributed by atoms with Gasteiger partial charge in [0.25, 0.3) is 5.91 Å². The van der Waals surface area contributed by atoms with Crippen LogP contribution in [0.3, 0.4) is 0 Å². The van der Waals surface area contributed by atoms with Crippen LogP contribution in [0.4, 0.5) is 10.2 Å². The number of rotatable bonds is 7. The van der Waals surface area contributed by atoms with E-state index in [-0.39, 0.29) is 24.9 Å². The van der Waals surface area contributed by atoms with E-state index in [4.69, 9.17) is 27.9 Å². The van der Waals surface area contributed by atoms with Crippen molar-refractivity contribution in [1.82, 2.24) is 9.78 Å². The number of carbonyl (C=O) groups excluding carboxylic acids is 1. The van der Waals surface area contributed by atoms with E-state index in [0.29, 0.717) is 32.7 Å². The number of anilines is 1. The summed E-state index contributed by atoms with van der Waals surface area (Å²) < 4.78 is 21.1. The van der Waals surface area contributed by atoms with Crippen LogP contribution in [0.5, 0.6) is 5.75 Å². The highest BCUT2D eigenvalue weighted by molar-refractivity contribution is 6.35. The number of hydrogen-bond donors (Lipinski definition) is 1. The van der Waals surface area contributed by atoms with E-state index in [1.54, 1.807) is 71.5 Å². The Morgan fingerprint density at radius 2 is 1.88 bits per heavy atom. The summed E-state index contributed by atoms with van der Waals surface area (Å²) >= 11 is 12.0. The van der Waals surface area contributed by atoms with Crippen molar-refractivity contribution in [2.75, 3.05) is 5.32 Å². The molecule has 0 aliphatic rings. The van der Waals surface area contributed by atoms with E-state index in [1.807, 2.05) is 6.07 Å². The van der Waals surface area contributed by atoms with Crippen molar-refractivity contribution in [3.8, 4) is 5.75 Å². The zero-order valence-electron chi connectivity index (χ0n) is 16.8. The Morgan fingerprint density at radius 1 is 1.03 bits per heavy atom. The number of aromatic nitrogens is 2. The third-order valence-corrected chi connectivity index (χ3v) is 5.18. The van der Waals surface area contributed by atoms with Crippen molar-refractivity contribution >= 4 is 34.9 Å². The lowest BCUT2D eigenvalue weighted by molar-refractivity contribution is 0.102. The van der Waals surface area contributed by atoms with Crippen LogP contribution in [0.15, 0.2) is 79.0 Å². The molecule has 162 valence electrons. The first-order valence-electron chi connectivity index (χ1n) is 9.73. The van der Waals surface area contributed by atoms with Crippen molar-refractivity contribution in [3.63, 3.8) is 0 Å². The minimum atomic E-state index is -0.312. The lowest BCUT2D eigenvalue weighted by atomic mass is 10.1. The zero-order valence-corrected chi connectivity index (χ0v) is 18.3. The molecule has 0 spiro atoms. The standard InChI is InChI=1S/C24H18Cl2FN3O2/c25-19-8-9-22(20(26)13-19)32-15-16-4-3-6-17(12-16)24(31)28-23-10-11-30(29-23)14-18-5-1-2-7-21(18)27/h1-13H,14-15H2,(H,28,29,31). The van der Waals surface area contributed by atoms with Crippen molar-refractivity contribution < 1.29 is 13.9 Å². The first-order valence-corrected chi connectivity index (χ1v) is 10.5. The normalized spacial score (nSPS) is 10.7. The van der Waals surface area contributed by atoms with Gasteiger partial charge >= 0.3 is 0 Å². The Hall–Kier alpha value is -3.35. The van der Waals surface area contributed by atoms with Crippen LogP contribution in [-0.2, 0) is 13.2 Å². The second-order valence-electron chi connectivity index (χ2n) is 7.01. The second kappa shape index (κ2) is 9.85. The monoisotopic (exact) mass is 469 g/mol. The molecule has 0 fully saturated rings. The molecule has 0 saturated heterocycles. The fourth-order valence-electron chi connectivity index (χ4n) is 3.06. The summed E-state index contributed by atoms with van der Waals surface area (Å²) in [7, 11) is 0. The molecule has 1 N–H and O–H groups in total. The Labute approximate surface area is 194 Å². The Morgan fingerprint density at radius 3 is 2.69 bits per heavy atom. The van der Waals surface area contributed by atoms with Gasteiger partial charge < -0.3 is 10.1 Å². The summed E-state index contributed by atoms with van der Waals surface area (Å²) in [4.78, 5) is 12.7. The second-order valence-corrected chi connectivity index (χ2v) is 7.85. The maximum absolute atomic E-state index is 13.8. The molecule has 1 heterocycles. The number of hydrogen-bond acceptors (Lipinski definition) is 3. The van der Waals surface area contributed by atoms with E-state index in [1.165, 1.54) is 6.07 Å². The van der Waals surface area contributed by atoms with Crippen molar-refractivity contribution in [2.24, 2.45) is 0 Å². The number of benzene rings is 3. The van der Waals surface area contributed by atoms with Crippen LogP contribution in [0.2, 0.25) is 10.0 Å². The van der Waals surface area contributed by atoms with Crippen molar-refractivity contribution in [1.29, 1.82) is 0 Å². The van der Waals surface area contributed by atoms with E-state index >= 15 is 0 Å². The number of halogens is 3. The third kappa shape index (κ3) is 5.46. The van der Waals surface area contributed by atoms with Crippen molar-refractivity contribution in [2.45, 2.75) is 13.2 Å². The van der Waals surface area contributed by atoms with E-state index in [9.17, 15) is 9.18 Å². The molecule has 0 aliphatic heterocycles. The van der Waals surface area contributed by atoms with Crippen LogP contribution in [0.1, 0.15) is 21.5 Å². The van der Waals surface area contributed by atoms with E-state index in [0.717, 1.165) is 5.56 Å². The van der Waals surface area contributed by atoms with Gasteiger partial charge in [-0.05, 0) is 42.0 Å². The maximum atomic E-state index is 13.8. The lowest BCUT2D eigenvalue weighted by Gasteiger charge is -2.09. The summed E-state index contributed by atoms with van der Waals surface area (Å²) in [6.45, 7) is 0.502. The van der Waals surface area contributed by atoms with Gasteiger partial charge in [-0.15, -0.1) is 0 Å². The van der Waals surface area contributed by atoms with Crippen LogP contribution < -0.4 is 10.1 Å². The predicted molar refractivity (Wildman–Crippen MR) is 123 cm³/mol. The first-order chi connectivity index (χ1) is 15.5. The largest absolute Gasteiger partial charge is 0.487 e. The van der Waals surface area contributed by atoms with Crippen LogP contribution in [-0.4, -0.2) is 15.7 Å². The quantitative estimate of drug-likeness (QED) is 0.350. The van der Waals surface area contributed by atoms with Crippen LogP contribution >= 0.6 is 23.2 Å². The molecule has 3 aromatic carbocycles. The van der Waals surface area contributed by atoms with Gasteiger partial charge in [0.2, 0.25) is 0 Å². The highest BCUT2D eigenvalue weighted by Crippen LogP contribution is 2.28. The molecular weight excluding hydrogens is 452 g/mol. The molecule has 4 aromatic rings. The summed E-state index contributed by atoms with van der Waals surface area (Å²) in [5.74, 6) is 0.271. The fourth-order valence-corrected chi connectivity index (χ4v) is 3.52. The number of nitrogens with one attached hydrogen (secondary N) is 1. The smallest absolute Gasteiger partial charge is 0.256 e. The summed E-state index contributed by atoms with van der Waals surface area (Å²) in [6.07, 6.45) is 1.68. The molecule has 1 amide bonds. The molecule has 5 nitrogen and oxygen atoms in total. The van der Waals surface area contributed by atoms with Crippen molar-refractivity contribution in [3.05, 3.63) is 112 Å².